The Bertz CT molecular complexity index is 813. The van der Waals surface area contributed by atoms with Gasteiger partial charge < -0.3 is 10.1 Å². The average molecular weight is 378 g/mol. The number of nitro groups is 1. The molecule has 1 atom stereocenters. The standard InChI is InChI=1S/C18H20ClN3O4/c1-12(18(23)20-15-10-14(19)8-9-17(15)26-3)21(2)11-13-6-4-5-7-16(13)22(24)25/h4-10,12H,11H2,1-3H3,(H,20,23). The number of nitrogens with one attached hydrogen (secondary N) is 1. The van der Waals surface area contributed by atoms with Crippen LogP contribution in [0, 0.1) is 10.1 Å². The molecule has 0 aliphatic heterocycles. The predicted octanol–water partition coefficient (Wildman–Crippen LogP) is 3.72. The van der Waals surface area contributed by atoms with Crippen molar-refractivity contribution in [1.82, 2.24) is 4.90 Å². The Balaban J connectivity index is 2.11. The molecule has 0 bridgehead atoms. The highest BCUT2D eigenvalue weighted by atomic mass is 35.5. The summed E-state index contributed by atoms with van der Waals surface area (Å²) in [5, 5.41) is 14.4. The first-order valence-electron chi connectivity index (χ1n) is 7.90. The van der Waals surface area contributed by atoms with Crippen LogP contribution in [0.1, 0.15) is 12.5 Å². The Morgan fingerprint density at radius 3 is 2.69 bits per heavy atom. The van der Waals surface area contributed by atoms with Gasteiger partial charge in [0.2, 0.25) is 5.91 Å². The van der Waals surface area contributed by atoms with Crippen LogP contribution < -0.4 is 10.1 Å². The average Bonchev–Trinajstić information content (AvgIpc) is 2.61. The summed E-state index contributed by atoms with van der Waals surface area (Å²) in [6.45, 7) is 1.99. The topological polar surface area (TPSA) is 84.7 Å². The summed E-state index contributed by atoms with van der Waals surface area (Å²) in [5.41, 5.74) is 1.04. The van der Waals surface area contributed by atoms with E-state index >= 15 is 0 Å². The van der Waals surface area contributed by atoms with Crippen LogP contribution in [0.25, 0.3) is 0 Å². The maximum Gasteiger partial charge on any atom is 0.273 e. The first kappa shape index (κ1) is 19.7. The van der Waals surface area contributed by atoms with Crippen molar-refractivity contribution in [1.29, 1.82) is 0 Å². The molecule has 2 aromatic rings. The number of rotatable bonds is 7. The molecular formula is C18H20ClN3O4. The van der Waals surface area contributed by atoms with Crippen LogP contribution in [0.4, 0.5) is 11.4 Å². The molecule has 7 nitrogen and oxygen atoms in total. The number of para-hydroxylation sites is 1. The highest BCUT2D eigenvalue weighted by Crippen LogP contribution is 2.28. The lowest BCUT2D eigenvalue weighted by Crippen LogP contribution is -2.39. The number of carbonyl (C=O) groups excluding carboxylic acids is 1. The van der Waals surface area contributed by atoms with Gasteiger partial charge in [0.25, 0.3) is 5.69 Å². The van der Waals surface area contributed by atoms with Crippen molar-refractivity contribution in [3.63, 3.8) is 0 Å². The van der Waals surface area contributed by atoms with Crippen LogP contribution in [-0.2, 0) is 11.3 Å². The maximum absolute atomic E-state index is 12.6. The third-order valence-corrected chi connectivity index (χ3v) is 4.30. The van der Waals surface area contributed by atoms with Gasteiger partial charge in [0.15, 0.2) is 0 Å². The second kappa shape index (κ2) is 8.64. The summed E-state index contributed by atoms with van der Waals surface area (Å²) in [7, 11) is 3.24. The van der Waals surface area contributed by atoms with Crippen LogP contribution in [0.3, 0.4) is 0 Å². The number of ether oxygens (including phenoxy) is 1. The van der Waals surface area contributed by atoms with Gasteiger partial charge >= 0.3 is 0 Å². The molecule has 0 fully saturated rings. The molecule has 138 valence electrons. The molecule has 2 rings (SSSR count). The van der Waals surface area contributed by atoms with Gasteiger partial charge in [-0.15, -0.1) is 0 Å². The zero-order valence-corrected chi connectivity index (χ0v) is 15.5. The number of nitro benzene ring substituents is 1. The highest BCUT2D eigenvalue weighted by Gasteiger charge is 2.22. The summed E-state index contributed by atoms with van der Waals surface area (Å²) in [5.74, 6) is 0.225. The normalized spacial score (nSPS) is 11.9. The van der Waals surface area contributed by atoms with Crippen LogP contribution in [0.5, 0.6) is 5.75 Å². The molecule has 8 heteroatoms. The molecule has 0 heterocycles. The smallest absolute Gasteiger partial charge is 0.273 e. The number of nitrogens with zero attached hydrogens (tertiary/aromatic N) is 2. The SMILES string of the molecule is COc1ccc(Cl)cc1NC(=O)C(C)N(C)Cc1ccccc1[N+](=O)[O-]. The number of hydrogen-bond acceptors (Lipinski definition) is 5. The second-order valence-corrected chi connectivity index (χ2v) is 6.25. The zero-order valence-electron chi connectivity index (χ0n) is 14.7. The number of amides is 1. The van der Waals surface area contributed by atoms with Gasteiger partial charge in [0.05, 0.1) is 23.8 Å². The Hall–Kier alpha value is -2.64. The van der Waals surface area contributed by atoms with E-state index < -0.39 is 11.0 Å². The van der Waals surface area contributed by atoms with Gasteiger partial charge in [-0.1, -0.05) is 29.8 Å². The number of carbonyl (C=O) groups is 1. The minimum absolute atomic E-state index is 0.0310. The number of anilines is 1. The molecule has 0 aliphatic rings. The van der Waals surface area contributed by atoms with Crippen molar-refractivity contribution in [3.8, 4) is 5.75 Å². The van der Waals surface area contributed by atoms with Crippen molar-refractivity contribution >= 4 is 28.9 Å². The molecular weight excluding hydrogens is 358 g/mol. The van der Waals surface area contributed by atoms with E-state index in [4.69, 9.17) is 16.3 Å². The second-order valence-electron chi connectivity index (χ2n) is 5.81. The molecule has 1 unspecified atom stereocenters. The monoisotopic (exact) mass is 377 g/mol. The van der Waals surface area contributed by atoms with Crippen molar-refractivity contribution < 1.29 is 14.5 Å². The van der Waals surface area contributed by atoms with E-state index in [0.717, 1.165) is 0 Å². The molecule has 0 spiro atoms. The Morgan fingerprint density at radius 1 is 1.35 bits per heavy atom. The Labute approximate surface area is 156 Å². The number of halogens is 1. The number of likely N-dealkylation sites (N-methyl/N-ethyl adjacent to an activating group) is 1. The van der Waals surface area contributed by atoms with E-state index in [9.17, 15) is 14.9 Å². The summed E-state index contributed by atoms with van der Waals surface area (Å²) in [6.07, 6.45) is 0. The summed E-state index contributed by atoms with van der Waals surface area (Å²) in [6, 6.07) is 10.9. The maximum atomic E-state index is 12.6. The molecule has 1 N–H and O–H groups in total. The van der Waals surface area contributed by atoms with Crippen molar-refractivity contribution in [2.24, 2.45) is 0 Å². The van der Waals surface area contributed by atoms with Crippen molar-refractivity contribution in [2.45, 2.75) is 19.5 Å². The van der Waals surface area contributed by atoms with Gasteiger partial charge in [0.1, 0.15) is 5.75 Å². The minimum Gasteiger partial charge on any atom is -0.495 e. The molecule has 0 aromatic heterocycles. The lowest BCUT2D eigenvalue weighted by Gasteiger charge is -2.24. The first-order valence-corrected chi connectivity index (χ1v) is 8.28. The van der Waals surface area contributed by atoms with Gasteiger partial charge in [-0.3, -0.25) is 19.8 Å². The molecule has 0 saturated heterocycles. The van der Waals surface area contributed by atoms with E-state index in [1.807, 2.05) is 0 Å². The largest absolute Gasteiger partial charge is 0.495 e. The highest BCUT2D eigenvalue weighted by molar-refractivity contribution is 6.31. The number of methoxy groups -OCH3 is 1. The van der Waals surface area contributed by atoms with E-state index in [0.29, 0.717) is 22.0 Å². The fraction of sp³-hybridized carbons (Fsp3) is 0.278. The molecule has 2 aromatic carbocycles. The predicted molar refractivity (Wildman–Crippen MR) is 101 cm³/mol. The lowest BCUT2D eigenvalue weighted by molar-refractivity contribution is -0.385. The Kier molecular flexibility index (Phi) is 6.54. The van der Waals surface area contributed by atoms with Crippen LogP contribution in [0.2, 0.25) is 5.02 Å². The van der Waals surface area contributed by atoms with Crippen LogP contribution >= 0.6 is 11.6 Å². The molecule has 0 aliphatic carbocycles. The van der Waals surface area contributed by atoms with Gasteiger partial charge in [-0.05, 0) is 32.2 Å². The fourth-order valence-corrected chi connectivity index (χ4v) is 2.62. The third kappa shape index (κ3) is 4.71. The van der Waals surface area contributed by atoms with Gasteiger partial charge in [-0.25, -0.2) is 0 Å². The molecule has 1 amide bonds. The van der Waals surface area contributed by atoms with Gasteiger partial charge in [-0.2, -0.15) is 0 Å². The minimum atomic E-state index is -0.529. The van der Waals surface area contributed by atoms with Crippen LogP contribution in [0.15, 0.2) is 42.5 Å². The molecule has 0 saturated carbocycles. The Morgan fingerprint density at radius 2 is 2.04 bits per heavy atom. The fourth-order valence-electron chi connectivity index (χ4n) is 2.44. The summed E-state index contributed by atoms with van der Waals surface area (Å²) in [4.78, 5) is 25.0. The van der Waals surface area contributed by atoms with E-state index in [-0.39, 0.29) is 18.1 Å². The van der Waals surface area contributed by atoms with E-state index in [2.05, 4.69) is 5.32 Å². The van der Waals surface area contributed by atoms with Crippen molar-refractivity contribution in [3.05, 3.63) is 63.2 Å². The quantitative estimate of drug-likeness (QED) is 0.587. The lowest BCUT2D eigenvalue weighted by atomic mass is 10.1. The van der Waals surface area contributed by atoms with E-state index in [1.165, 1.54) is 13.2 Å². The van der Waals surface area contributed by atoms with Gasteiger partial charge in [0, 0.05) is 23.2 Å². The summed E-state index contributed by atoms with van der Waals surface area (Å²) < 4.78 is 5.22. The van der Waals surface area contributed by atoms with Crippen LogP contribution in [-0.4, -0.2) is 35.9 Å². The van der Waals surface area contributed by atoms with E-state index in [1.54, 1.807) is 55.3 Å². The number of hydrogen-bond donors (Lipinski definition) is 1. The third-order valence-electron chi connectivity index (χ3n) is 4.07. The molecule has 0 radical (unpaired) electrons. The zero-order chi connectivity index (χ0) is 19.3. The summed E-state index contributed by atoms with van der Waals surface area (Å²) >= 11 is 5.97. The number of benzene rings is 2. The molecule has 26 heavy (non-hydrogen) atoms. The van der Waals surface area contributed by atoms with Crippen molar-refractivity contribution in [2.75, 3.05) is 19.5 Å². The first-order chi connectivity index (χ1) is 12.3.